The van der Waals surface area contributed by atoms with Crippen LogP contribution in [0.2, 0.25) is 5.02 Å². The summed E-state index contributed by atoms with van der Waals surface area (Å²) in [5, 5.41) is 3.27. The Bertz CT molecular complexity index is 655. The lowest BCUT2D eigenvalue weighted by Gasteiger charge is -2.25. The van der Waals surface area contributed by atoms with Crippen LogP contribution in [-0.4, -0.2) is 37.5 Å². The fourth-order valence-corrected chi connectivity index (χ4v) is 4.01. The number of hydrogen-bond donors (Lipinski definition) is 1. The van der Waals surface area contributed by atoms with Crippen LogP contribution < -0.4 is 5.32 Å². The Morgan fingerprint density at radius 3 is 2.55 bits per heavy atom. The SMILES string of the molecule is Cc1ccc(NC(=O)CN(C2CCCC2)S(C)(=O)=O)cc1Cl. The zero-order valence-corrected chi connectivity index (χ0v) is 14.4. The lowest BCUT2D eigenvalue weighted by Crippen LogP contribution is -2.43. The minimum atomic E-state index is -3.40. The van der Waals surface area contributed by atoms with Gasteiger partial charge in [-0.15, -0.1) is 0 Å². The standard InChI is InChI=1S/C15H21ClN2O3S/c1-11-7-8-12(9-14(11)16)17-15(19)10-18(22(2,20)21)13-5-3-4-6-13/h7-9,13H,3-6,10H2,1-2H3,(H,17,19). The molecule has 1 fully saturated rings. The molecule has 0 saturated heterocycles. The van der Waals surface area contributed by atoms with Crippen LogP contribution in [0.3, 0.4) is 0 Å². The fraction of sp³-hybridized carbons (Fsp3) is 0.533. The monoisotopic (exact) mass is 344 g/mol. The molecule has 1 aromatic rings. The Kier molecular flexibility index (Phi) is 5.47. The van der Waals surface area contributed by atoms with E-state index in [0.717, 1.165) is 37.5 Å². The largest absolute Gasteiger partial charge is 0.325 e. The van der Waals surface area contributed by atoms with Gasteiger partial charge < -0.3 is 5.32 Å². The van der Waals surface area contributed by atoms with Crippen molar-refractivity contribution in [3.8, 4) is 0 Å². The summed E-state index contributed by atoms with van der Waals surface area (Å²) in [5.74, 6) is -0.350. The van der Waals surface area contributed by atoms with E-state index in [2.05, 4.69) is 5.32 Å². The lowest BCUT2D eigenvalue weighted by molar-refractivity contribution is -0.116. The average Bonchev–Trinajstić information content (AvgIpc) is 2.92. The summed E-state index contributed by atoms with van der Waals surface area (Å²) in [7, 11) is -3.40. The molecule has 1 aliphatic rings. The van der Waals surface area contributed by atoms with Gasteiger partial charge in [0.25, 0.3) is 0 Å². The van der Waals surface area contributed by atoms with Gasteiger partial charge in [0.05, 0.1) is 12.8 Å². The van der Waals surface area contributed by atoms with Crippen LogP contribution in [-0.2, 0) is 14.8 Å². The van der Waals surface area contributed by atoms with Gasteiger partial charge in [-0.3, -0.25) is 4.79 Å². The number of anilines is 1. The Morgan fingerprint density at radius 2 is 2.00 bits per heavy atom. The molecule has 22 heavy (non-hydrogen) atoms. The first-order valence-electron chi connectivity index (χ1n) is 7.30. The minimum absolute atomic E-state index is 0.0673. The zero-order chi connectivity index (χ0) is 16.3. The van der Waals surface area contributed by atoms with Crippen molar-refractivity contribution in [2.45, 2.75) is 38.6 Å². The summed E-state index contributed by atoms with van der Waals surface area (Å²) < 4.78 is 25.2. The predicted octanol–water partition coefficient (Wildman–Crippen LogP) is 2.79. The van der Waals surface area contributed by atoms with Crippen LogP contribution in [0.15, 0.2) is 18.2 Å². The molecule has 0 bridgehead atoms. The molecule has 0 atom stereocenters. The molecular weight excluding hydrogens is 324 g/mol. The maximum atomic E-state index is 12.2. The molecule has 7 heteroatoms. The van der Waals surface area contributed by atoms with Gasteiger partial charge in [0.1, 0.15) is 0 Å². The molecule has 0 aromatic heterocycles. The summed E-state index contributed by atoms with van der Waals surface area (Å²) in [4.78, 5) is 12.2. The molecule has 0 spiro atoms. The number of carbonyl (C=O) groups is 1. The van der Waals surface area contributed by atoms with Crippen LogP contribution in [0.4, 0.5) is 5.69 Å². The normalized spacial score (nSPS) is 16.2. The molecule has 0 heterocycles. The van der Waals surface area contributed by atoms with Crippen LogP contribution in [0, 0.1) is 6.92 Å². The summed E-state index contributed by atoms with van der Waals surface area (Å²) in [6.45, 7) is 1.72. The van der Waals surface area contributed by atoms with Crippen molar-refractivity contribution in [3.63, 3.8) is 0 Å². The number of nitrogens with one attached hydrogen (secondary N) is 1. The van der Waals surface area contributed by atoms with E-state index in [-0.39, 0.29) is 18.5 Å². The number of aryl methyl sites for hydroxylation is 1. The van der Waals surface area contributed by atoms with E-state index < -0.39 is 10.0 Å². The van der Waals surface area contributed by atoms with E-state index in [1.807, 2.05) is 13.0 Å². The fourth-order valence-electron chi connectivity index (χ4n) is 2.72. The van der Waals surface area contributed by atoms with Gasteiger partial charge in [-0.2, -0.15) is 4.31 Å². The van der Waals surface area contributed by atoms with Crippen molar-refractivity contribution in [1.29, 1.82) is 0 Å². The minimum Gasteiger partial charge on any atom is -0.325 e. The third-order valence-electron chi connectivity index (χ3n) is 3.91. The number of amides is 1. The molecule has 1 saturated carbocycles. The van der Waals surface area contributed by atoms with Gasteiger partial charge in [-0.25, -0.2) is 8.42 Å². The first kappa shape index (κ1) is 17.2. The summed E-state index contributed by atoms with van der Waals surface area (Å²) in [6, 6.07) is 5.15. The smallest absolute Gasteiger partial charge is 0.239 e. The summed E-state index contributed by atoms with van der Waals surface area (Å²) >= 11 is 6.02. The second-order valence-corrected chi connectivity index (χ2v) is 8.10. The number of hydrogen-bond acceptors (Lipinski definition) is 3. The molecule has 1 N–H and O–H groups in total. The molecular formula is C15H21ClN2O3S. The molecule has 2 rings (SSSR count). The Hall–Kier alpha value is -1.11. The molecule has 1 aliphatic carbocycles. The second kappa shape index (κ2) is 6.98. The molecule has 1 amide bonds. The summed E-state index contributed by atoms with van der Waals surface area (Å²) in [5.41, 5.74) is 1.49. The zero-order valence-electron chi connectivity index (χ0n) is 12.8. The van der Waals surface area contributed by atoms with Gasteiger partial charge in [0.15, 0.2) is 0 Å². The topological polar surface area (TPSA) is 66.5 Å². The van der Waals surface area contributed by atoms with Gasteiger partial charge in [-0.05, 0) is 37.5 Å². The van der Waals surface area contributed by atoms with Gasteiger partial charge in [0.2, 0.25) is 15.9 Å². The number of rotatable bonds is 5. The van der Waals surface area contributed by atoms with Crippen molar-refractivity contribution >= 4 is 33.2 Å². The van der Waals surface area contributed by atoms with Crippen molar-refractivity contribution < 1.29 is 13.2 Å². The maximum absolute atomic E-state index is 12.2. The first-order valence-corrected chi connectivity index (χ1v) is 9.53. The Morgan fingerprint density at radius 1 is 1.36 bits per heavy atom. The van der Waals surface area contributed by atoms with Crippen molar-refractivity contribution in [1.82, 2.24) is 4.31 Å². The van der Waals surface area contributed by atoms with E-state index in [9.17, 15) is 13.2 Å². The third kappa shape index (κ3) is 4.44. The maximum Gasteiger partial charge on any atom is 0.239 e. The molecule has 0 aliphatic heterocycles. The van der Waals surface area contributed by atoms with E-state index in [1.54, 1.807) is 12.1 Å². The van der Waals surface area contributed by atoms with E-state index in [4.69, 9.17) is 11.6 Å². The number of nitrogens with zero attached hydrogens (tertiary/aromatic N) is 1. The van der Waals surface area contributed by atoms with Crippen molar-refractivity contribution in [2.75, 3.05) is 18.1 Å². The van der Waals surface area contributed by atoms with Gasteiger partial charge >= 0.3 is 0 Å². The predicted molar refractivity (Wildman–Crippen MR) is 88.6 cm³/mol. The van der Waals surface area contributed by atoms with E-state index in [1.165, 1.54) is 4.31 Å². The second-order valence-electron chi connectivity index (χ2n) is 5.76. The number of sulfonamides is 1. The third-order valence-corrected chi connectivity index (χ3v) is 5.60. The highest BCUT2D eigenvalue weighted by Crippen LogP contribution is 2.25. The molecule has 0 radical (unpaired) electrons. The van der Waals surface area contributed by atoms with Crippen LogP contribution in [0.5, 0.6) is 0 Å². The highest BCUT2D eigenvalue weighted by molar-refractivity contribution is 7.88. The van der Waals surface area contributed by atoms with Gasteiger partial charge in [0, 0.05) is 16.8 Å². The Labute approximate surface area is 136 Å². The highest BCUT2D eigenvalue weighted by atomic mass is 35.5. The number of benzene rings is 1. The molecule has 1 aromatic carbocycles. The lowest BCUT2D eigenvalue weighted by atomic mass is 10.2. The number of halogens is 1. The van der Waals surface area contributed by atoms with E-state index >= 15 is 0 Å². The number of carbonyl (C=O) groups excluding carboxylic acids is 1. The highest BCUT2D eigenvalue weighted by Gasteiger charge is 2.30. The average molecular weight is 345 g/mol. The van der Waals surface area contributed by atoms with E-state index in [0.29, 0.717) is 10.7 Å². The molecule has 5 nitrogen and oxygen atoms in total. The van der Waals surface area contributed by atoms with Crippen LogP contribution >= 0.6 is 11.6 Å². The van der Waals surface area contributed by atoms with Crippen molar-refractivity contribution in [2.24, 2.45) is 0 Å². The molecule has 122 valence electrons. The Balaban J connectivity index is 2.06. The quantitative estimate of drug-likeness (QED) is 0.893. The van der Waals surface area contributed by atoms with Crippen LogP contribution in [0.1, 0.15) is 31.2 Å². The van der Waals surface area contributed by atoms with Crippen LogP contribution in [0.25, 0.3) is 0 Å². The summed E-state index contributed by atoms with van der Waals surface area (Å²) in [6.07, 6.45) is 4.80. The first-order chi connectivity index (χ1) is 10.3. The van der Waals surface area contributed by atoms with Gasteiger partial charge in [-0.1, -0.05) is 30.5 Å². The molecule has 0 unspecified atom stereocenters. The van der Waals surface area contributed by atoms with Crippen molar-refractivity contribution in [3.05, 3.63) is 28.8 Å².